The van der Waals surface area contributed by atoms with Crippen LogP contribution >= 0.6 is 11.6 Å². The van der Waals surface area contributed by atoms with E-state index in [2.05, 4.69) is 10.2 Å². The van der Waals surface area contributed by atoms with Crippen molar-refractivity contribution >= 4 is 17.5 Å². The Morgan fingerprint density at radius 2 is 1.79 bits per heavy atom. The van der Waals surface area contributed by atoms with Gasteiger partial charge in [-0.05, 0) is 67.9 Å². The topological polar surface area (TPSA) is 58.0 Å². The van der Waals surface area contributed by atoms with E-state index in [-0.39, 0.29) is 29.1 Å². The highest BCUT2D eigenvalue weighted by atomic mass is 35.5. The molecule has 0 atom stereocenters. The molecule has 2 fully saturated rings. The molecule has 0 aliphatic carbocycles. The van der Waals surface area contributed by atoms with E-state index in [9.17, 15) is 18.0 Å². The van der Waals surface area contributed by atoms with Crippen LogP contribution in [0.25, 0.3) is 11.3 Å². The Kier molecular flexibility index (Phi) is 7.97. The van der Waals surface area contributed by atoms with Crippen LogP contribution in [-0.4, -0.2) is 61.1 Å². The second kappa shape index (κ2) is 11.4. The fourth-order valence-electron chi connectivity index (χ4n) is 4.81. The van der Waals surface area contributed by atoms with E-state index in [1.165, 1.54) is 24.3 Å². The van der Waals surface area contributed by atoms with Crippen molar-refractivity contribution < 1.29 is 27.1 Å². The van der Waals surface area contributed by atoms with E-state index < -0.39 is 11.7 Å². The Morgan fingerprint density at radius 3 is 2.50 bits per heavy atom. The maximum atomic E-state index is 13.0. The minimum absolute atomic E-state index is 0.113. The molecule has 0 radical (unpaired) electrons. The van der Waals surface area contributed by atoms with E-state index >= 15 is 0 Å². The first-order chi connectivity index (χ1) is 18.3. The maximum absolute atomic E-state index is 13.0. The lowest BCUT2D eigenvalue weighted by Gasteiger charge is -2.34. The Bertz CT molecular complexity index is 1270. The van der Waals surface area contributed by atoms with Crippen LogP contribution in [0, 0.1) is 0 Å². The van der Waals surface area contributed by atoms with Crippen molar-refractivity contribution in [2.45, 2.75) is 31.7 Å². The minimum Gasteiger partial charge on any atom is -0.489 e. The van der Waals surface area contributed by atoms with E-state index in [0.717, 1.165) is 43.6 Å². The van der Waals surface area contributed by atoms with E-state index in [4.69, 9.17) is 20.8 Å². The Labute approximate surface area is 224 Å². The number of furan rings is 1. The molecule has 0 spiro atoms. The third-order valence-corrected chi connectivity index (χ3v) is 7.23. The highest BCUT2D eigenvalue weighted by Crippen LogP contribution is 2.33. The standard InChI is InChI=1S/C28H29ClF3N3O3/c29-23-16-19(4-5-25(23)37-22-8-10-33-11-9-22)18-34-12-14-35(15-13-34)27(36)26-7-6-24(38-26)20-2-1-3-21(17-20)28(30,31)32/h1-7,16-17,22,33H,8-15,18H2. The van der Waals surface area contributed by atoms with Gasteiger partial charge in [0.1, 0.15) is 17.6 Å². The molecule has 1 N–H and O–H groups in total. The summed E-state index contributed by atoms with van der Waals surface area (Å²) in [5, 5.41) is 3.92. The number of alkyl halides is 3. The van der Waals surface area contributed by atoms with Crippen molar-refractivity contribution in [1.29, 1.82) is 0 Å². The molecular weight excluding hydrogens is 519 g/mol. The molecule has 2 aromatic carbocycles. The zero-order chi connectivity index (χ0) is 26.7. The highest BCUT2D eigenvalue weighted by molar-refractivity contribution is 6.32. The molecule has 0 unspecified atom stereocenters. The predicted octanol–water partition coefficient (Wildman–Crippen LogP) is 5.71. The SMILES string of the molecule is O=C(c1ccc(-c2cccc(C(F)(F)F)c2)o1)N1CCN(Cc2ccc(OC3CCNCC3)c(Cl)c2)CC1. The lowest BCUT2D eigenvalue weighted by atomic mass is 10.1. The number of carbonyl (C=O) groups is 1. The average molecular weight is 548 g/mol. The Balaban J connectivity index is 1.14. The van der Waals surface area contributed by atoms with Gasteiger partial charge in [0.05, 0.1) is 10.6 Å². The van der Waals surface area contributed by atoms with Gasteiger partial charge < -0.3 is 19.4 Å². The van der Waals surface area contributed by atoms with Crippen LogP contribution in [0.1, 0.15) is 34.5 Å². The normalized spacial score (nSPS) is 17.5. The smallest absolute Gasteiger partial charge is 0.416 e. The highest BCUT2D eigenvalue weighted by Gasteiger charge is 2.31. The molecule has 2 aliphatic rings. The first kappa shape index (κ1) is 26.6. The second-order valence-corrected chi connectivity index (χ2v) is 10.0. The molecule has 3 aromatic rings. The van der Waals surface area contributed by atoms with Gasteiger partial charge in [0, 0.05) is 38.3 Å². The number of nitrogens with zero attached hydrogens (tertiary/aromatic N) is 2. The number of rotatable bonds is 6. The number of piperidine rings is 1. The molecule has 6 nitrogen and oxygen atoms in total. The molecule has 3 heterocycles. The number of piperazine rings is 1. The van der Waals surface area contributed by atoms with Gasteiger partial charge in [0.25, 0.3) is 5.91 Å². The van der Waals surface area contributed by atoms with Gasteiger partial charge in [0.2, 0.25) is 0 Å². The number of halogens is 4. The fourth-order valence-corrected chi connectivity index (χ4v) is 5.06. The molecule has 0 saturated carbocycles. The molecule has 5 rings (SSSR count). The van der Waals surface area contributed by atoms with Crippen LogP contribution in [-0.2, 0) is 12.7 Å². The zero-order valence-corrected chi connectivity index (χ0v) is 21.5. The minimum atomic E-state index is -4.45. The van der Waals surface area contributed by atoms with Gasteiger partial charge >= 0.3 is 6.18 Å². The summed E-state index contributed by atoms with van der Waals surface area (Å²) in [4.78, 5) is 16.9. The van der Waals surface area contributed by atoms with E-state index in [0.29, 0.717) is 43.5 Å². The quantitative estimate of drug-likeness (QED) is 0.428. The summed E-state index contributed by atoms with van der Waals surface area (Å²) in [5.41, 5.74) is 0.583. The van der Waals surface area contributed by atoms with Crippen LogP contribution in [0.5, 0.6) is 5.75 Å². The van der Waals surface area contributed by atoms with Gasteiger partial charge in [-0.15, -0.1) is 0 Å². The molecule has 1 aromatic heterocycles. The van der Waals surface area contributed by atoms with Crippen LogP contribution in [0.3, 0.4) is 0 Å². The second-order valence-electron chi connectivity index (χ2n) is 9.64. The summed E-state index contributed by atoms with van der Waals surface area (Å²) in [7, 11) is 0. The summed E-state index contributed by atoms with van der Waals surface area (Å²) in [6, 6.07) is 13.8. The van der Waals surface area contributed by atoms with Crippen molar-refractivity contribution in [3.8, 4) is 17.1 Å². The van der Waals surface area contributed by atoms with Crippen LogP contribution in [0.2, 0.25) is 5.02 Å². The molecule has 1 amide bonds. The molecule has 2 aliphatic heterocycles. The maximum Gasteiger partial charge on any atom is 0.416 e. The zero-order valence-electron chi connectivity index (χ0n) is 20.8. The first-order valence-electron chi connectivity index (χ1n) is 12.7. The Morgan fingerprint density at radius 1 is 1.03 bits per heavy atom. The van der Waals surface area contributed by atoms with Crippen molar-refractivity contribution in [3.63, 3.8) is 0 Å². The Hall–Kier alpha value is -3.01. The van der Waals surface area contributed by atoms with Crippen LogP contribution in [0.15, 0.2) is 59.0 Å². The van der Waals surface area contributed by atoms with Gasteiger partial charge in [-0.1, -0.05) is 29.8 Å². The number of nitrogens with one attached hydrogen (secondary N) is 1. The third kappa shape index (κ3) is 6.34. The summed E-state index contributed by atoms with van der Waals surface area (Å²) in [6.45, 7) is 5.00. The molecule has 10 heteroatoms. The lowest BCUT2D eigenvalue weighted by molar-refractivity contribution is -0.137. The van der Waals surface area contributed by atoms with Crippen molar-refractivity contribution in [1.82, 2.24) is 15.1 Å². The number of hydrogen-bond donors (Lipinski definition) is 1. The van der Waals surface area contributed by atoms with Gasteiger partial charge in [-0.2, -0.15) is 13.2 Å². The van der Waals surface area contributed by atoms with E-state index in [1.54, 1.807) is 4.90 Å². The summed E-state index contributed by atoms with van der Waals surface area (Å²) < 4.78 is 50.9. The van der Waals surface area contributed by atoms with Crippen molar-refractivity contribution in [2.75, 3.05) is 39.3 Å². The first-order valence-corrected chi connectivity index (χ1v) is 13.1. The number of amides is 1. The predicted molar refractivity (Wildman–Crippen MR) is 138 cm³/mol. The fraction of sp³-hybridized carbons (Fsp3) is 0.393. The molecule has 38 heavy (non-hydrogen) atoms. The average Bonchev–Trinajstić information content (AvgIpc) is 3.41. The van der Waals surface area contributed by atoms with Crippen molar-refractivity contribution in [2.24, 2.45) is 0 Å². The summed E-state index contributed by atoms with van der Waals surface area (Å²) >= 11 is 6.50. The molecular formula is C28H29ClF3N3O3. The number of ether oxygens (including phenoxy) is 1. The van der Waals surface area contributed by atoms with E-state index in [1.807, 2.05) is 18.2 Å². The summed E-state index contributed by atoms with van der Waals surface area (Å²) in [5.74, 6) is 0.774. The lowest BCUT2D eigenvalue weighted by Crippen LogP contribution is -2.48. The van der Waals surface area contributed by atoms with Crippen molar-refractivity contribution in [3.05, 3.63) is 76.5 Å². The third-order valence-electron chi connectivity index (χ3n) is 6.93. The molecule has 0 bridgehead atoms. The van der Waals surface area contributed by atoms with Crippen LogP contribution < -0.4 is 10.1 Å². The van der Waals surface area contributed by atoms with Gasteiger partial charge in [-0.25, -0.2) is 0 Å². The number of hydrogen-bond acceptors (Lipinski definition) is 5. The largest absolute Gasteiger partial charge is 0.489 e. The van der Waals surface area contributed by atoms with Gasteiger partial charge in [0.15, 0.2) is 5.76 Å². The van der Waals surface area contributed by atoms with Gasteiger partial charge in [-0.3, -0.25) is 9.69 Å². The monoisotopic (exact) mass is 547 g/mol. The molecule has 202 valence electrons. The molecule has 2 saturated heterocycles. The van der Waals surface area contributed by atoms with Crippen LogP contribution in [0.4, 0.5) is 13.2 Å². The summed E-state index contributed by atoms with van der Waals surface area (Å²) in [6.07, 6.45) is -2.34. The number of carbonyl (C=O) groups excluding carboxylic acids is 1. The number of benzene rings is 2.